The zero-order valence-electron chi connectivity index (χ0n) is 29.0. The Hall–Kier alpha value is -3.60. The van der Waals surface area contributed by atoms with Crippen molar-refractivity contribution >= 4 is 23.7 Å². The molecule has 0 radical (unpaired) electrons. The van der Waals surface area contributed by atoms with Gasteiger partial charge in [0, 0.05) is 24.1 Å². The zero-order valence-corrected chi connectivity index (χ0v) is 29.0. The fraction of sp³-hybridized carbons (Fsp3) is 0.568. The van der Waals surface area contributed by atoms with Gasteiger partial charge in [0.15, 0.2) is 5.78 Å². The summed E-state index contributed by atoms with van der Waals surface area (Å²) < 4.78 is 16.4. The fourth-order valence-electron chi connectivity index (χ4n) is 5.92. The summed E-state index contributed by atoms with van der Waals surface area (Å²) in [4.78, 5) is 51.0. The van der Waals surface area contributed by atoms with E-state index in [0.29, 0.717) is 37.7 Å². The summed E-state index contributed by atoms with van der Waals surface area (Å²) in [6, 6.07) is 12.0. The van der Waals surface area contributed by atoms with Gasteiger partial charge in [-0.1, -0.05) is 53.7 Å². The maximum Gasteiger partial charge on any atom is 0.338 e. The molecular formula is C37H53NO9. The second-order valence-corrected chi connectivity index (χ2v) is 13.4. The largest absolute Gasteiger partial charge is 0.458 e. The lowest BCUT2D eigenvalue weighted by molar-refractivity contribution is -0.0521. The van der Waals surface area contributed by atoms with Gasteiger partial charge in [0.2, 0.25) is 0 Å². The van der Waals surface area contributed by atoms with Gasteiger partial charge in [-0.25, -0.2) is 14.4 Å². The molecule has 2 aromatic rings. The maximum atomic E-state index is 13.1. The van der Waals surface area contributed by atoms with E-state index in [9.17, 15) is 29.4 Å². The van der Waals surface area contributed by atoms with Crippen LogP contribution in [-0.4, -0.2) is 71.5 Å². The van der Waals surface area contributed by atoms with Gasteiger partial charge in [-0.15, -0.1) is 0 Å². The van der Waals surface area contributed by atoms with Crippen molar-refractivity contribution in [3.05, 3.63) is 70.8 Å². The van der Waals surface area contributed by atoms with Crippen molar-refractivity contribution in [2.45, 2.75) is 98.1 Å². The molecule has 2 aromatic carbocycles. The zero-order chi connectivity index (χ0) is 35.5. The van der Waals surface area contributed by atoms with Crippen LogP contribution in [0.4, 0.5) is 0 Å². The normalized spacial score (nSPS) is 13.4. The predicted molar refractivity (Wildman–Crippen MR) is 179 cm³/mol. The van der Waals surface area contributed by atoms with Gasteiger partial charge in [-0.05, 0) is 86.3 Å². The first kappa shape index (κ1) is 39.6. The number of nitrogens with two attached hydrogens (primary N) is 1. The van der Waals surface area contributed by atoms with E-state index in [1.807, 2.05) is 41.5 Å². The third-order valence-electron chi connectivity index (χ3n) is 9.57. The second kappa shape index (κ2) is 17.0. The van der Waals surface area contributed by atoms with E-state index in [1.165, 1.54) is 36.4 Å². The van der Waals surface area contributed by atoms with E-state index in [0.717, 1.165) is 0 Å². The molecule has 10 nitrogen and oxygen atoms in total. The first-order valence-corrected chi connectivity index (χ1v) is 16.4. The van der Waals surface area contributed by atoms with Crippen LogP contribution in [0.2, 0.25) is 0 Å². The number of ketones is 1. The van der Waals surface area contributed by atoms with Crippen LogP contribution >= 0.6 is 0 Å². The predicted octanol–water partition coefficient (Wildman–Crippen LogP) is 5.91. The molecule has 0 saturated heterocycles. The lowest BCUT2D eigenvalue weighted by Crippen LogP contribution is -2.56. The lowest BCUT2D eigenvalue weighted by atomic mass is 9.64. The number of carbonyl (C=O) groups is 4. The smallest absolute Gasteiger partial charge is 0.338 e. The number of ether oxygens (including phenoxy) is 3. The van der Waals surface area contributed by atoms with Crippen molar-refractivity contribution in [2.24, 2.45) is 16.6 Å². The number of hydrogen-bond acceptors (Lipinski definition) is 10. The molecule has 0 heterocycles. The number of esters is 3. The summed E-state index contributed by atoms with van der Waals surface area (Å²) in [6.45, 7) is 12.8. The monoisotopic (exact) mass is 655 g/mol. The number of hydrogen-bond donors (Lipinski definition) is 3. The minimum atomic E-state index is -0.924. The van der Waals surface area contributed by atoms with Gasteiger partial charge >= 0.3 is 17.9 Å². The highest BCUT2D eigenvalue weighted by Gasteiger charge is 2.44. The van der Waals surface area contributed by atoms with Crippen LogP contribution in [0.1, 0.15) is 128 Å². The molecule has 260 valence electrons. The van der Waals surface area contributed by atoms with Crippen molar-refractivity contribution < 1.29 is 43.6 Å². The third kappa shape index (κ3) is 10.2. The number of benzene rings is 2. The van der Waals surface area contributed by atoms with Gasteiger partial charge in [-0.3, -0.25) is 4.79 Å². The molecule has 0 spiro atoms. The first-order valence-electron chi connectivity index (χ1n) is 16.4. The van der Waals surface area contributed by atoms with E-state index in [1.54, 1.807) is 19.1 Å². The number of aliphatic hydroxyl groups is 2. The fourth-order valence-corrected chi connectivity index (χ4v) is 5.92. The van der Waals surface area contributed by atoms with E-state index >= 15 is 0 Å². The molecule has 2 rings (SSSR count). The third-order valence-corrected chi connectivity index (χ3v) is 9.57. The van der Waals surface area contributed by atoms with Crippen LogP contribution in [0.3, 0.4) is 0 Å². The van der Waals surface area contributed by atoms with Crippen molar-refractivity contribution in [1.82, 2.24) is 0 Å². The number of carbonyl (C=O) groups excluding carboxylic acids is 4. The molecule has 0 aromatic heterocycles. The van der Waals surface area contributed by atoms with Gasteiger partial charge < -0.3 is 30.2 Å². The average molecular weight is 656 g/mol. The Kier molecular flexibility index (Phi) is 14.3. The molecule has 0 aliphatic heterocycles. The second-order valence-electron chi connectivity index (χ2n) is 13.4. The highest BCUT2D eigenvalue weighted by molar-refractivity contribution is 5.98. The number of aliphatic hydroxyl groups excluding tert-OH is 2. The number of Topliss-reactive ketones (excluding diaryl/α,β-unsaturated/α-hetero) is 1. The van der Waals surface area contributed by atoms with E-state index in [2.05, 4.69) is 0 Å². The van der Waals surface area contributed by atoms with Crippen LogP contribution in [0.25, 0.3) is 0 Å². The molecule has 0 fully saturated rings. The molecule has 0 aliphatic rings. The first-order chi connectivity index (χ1) is 22.1. The summed E-state index contributed by atoms with van der Waals surface area (Å²) in [6.07, 6.45) is 3.12. The molecular weight excluding hydrogens is 602 g/mol. The van der Waals surface area contributed by atoms with E-state index < -0.39 is 39.9 Å². The van der Waals surface area contributed by atoms with Crippen molar-refractivity contribution in [1.29, 1.82) is 0 Å². The van der Waals surface area contributed by atoms with Crippen LogP contribution in [0.5, 0.6) is 0 Å². The summed E-state index contributed by atoms with van der Waals surface area (Å²) in [5.74, 6) is -1.92. The van der Waals surface area contributed by atoms with Crippen LogP contribution < -0.4 is 5.73 Å². The molecule has 10 heteroatoms. The Balaban J connectivity index is 1.90. The quantitative estimate of drug-likeness (QED) is 0.0717. The van der Waals surface area contributed by atoms with Crippen LogP contribution in [0.15, 0.2) is 48.5 Å². The van der Waals surface area contributed by atoms with Gasteiger partial charge in [0.05, 0.1) is 23.3 Å². The van der Waals surface area contributed by atoms with Gasteiger partial charge in [0.1, 0.15) is 18.8 Å². The molecule has 1 atom stereocenters. The van der Waals surface area contributed by atoms with E-state index in [-0.39, 0.29) is 55.3 Å². The van der Waals surface area contributed by atoms with Crippen LogP contribution in [-0.2, 0) is 14.2 Å². The standard InChI is InChI=1S/C37H53NO9/c1-8-36(9-2,35(7,38)25-40)22-30(41)26-12-14-27(15-13-26)31(42)45-20-21-46-32(43)28-16-18-29(19-17-28)33(44)47-37(10-3,11-4)23-34(5,6)24-39/h12-19,39-40H,8-11,20-25,38H2,1-7H3. The highest BCUT2D eigenvalue weighted by Crippen LogP contribution is 2.41. The molecule has 47 heavy (non-hydrogen) atoms. The van der Waals surface area contributed by atoms with Crippen molar-refractivity contribution in [3.63, 3.8) is 0 Å². The molecule has 0 bridgehead atoms. The molecule has 1 unspecified atom stereocenters. The summed E-state index contributed by atoms with van der Waals surface area (Å²) >= 11 is 0. The molecule has 0 aliphatic carbocycles. The van der Waals surface area contributed by atoms with Crippen LogP contribution in [0, 0.1) is 10.8 Å². The Bertz CT molecular complexity index is 1340. The Morgan fingerprint density at radius 2 is 1.04 bits per heavy atom. The SMILES string of the molecule is CCC(CC)(CC(C)(C)CO)OC(=O)c1ccc(C(=O)OCCOC(=O)c2ccc(C(=O)CC(CC)(CC)C(C)(N)CO)cc2)cc1. The Morgan fingerprint density at radius 1 is 0.638 bits per heavy atom. The minimum absolute atomic E-state index is 0.0285. The maximum absolute atomic E-state index is 13.1. The lowest BCUT2D eigenvalue weighted by Gasteiger charge is -2.44. The van der Waals surface area contributed by atoms with Crippen molar-refractivity contribution in [3.8, 4) is 0 Å². The minimum Gasteiger partial charge on any atom is -0.458 e. The topological polar surface area (TPSA) is 162 Å². The molecule has 0 amide bonds. The van der Waals surface area contributed by atoms with Gasteiger partial charge in [0.25, 0.3) is 0 Å². The van der Waals surface area contributed by atoms with Crippen molar-refractivity contribution in [2.75, 3.05) is 26.4 Å². The number of rotatable bonds is 19. The average Bonchev–Trinajstić information content (AvgIpc) is 3.08. The molecule has 4 N–H and O–H groups in total. The Labute approximate surface area is 279 Å². The molecule has 0 saturated carbocycles. The Morgan fingerprint density at radius 3 is 1.40 bits per heavy atom. The highest BCUT2D eigenvalue weighted by atomic mass is 16.6. The van der Waals surface area contributed by atoms with E-state index in [4.69, 9.17) is 19.9 Å². The summed E-state index contributed by atoms with van der Waals surface area (Å²) in [5.41, 5.74) is 4.90. The summed E-state index contributed by atoms with van der Waals surface area (Å²) in [7, 11) is 0. The van der Waals surface area contributed by atoms with Gasteiger partial charge in [-0.2, -0.15) is 0 Å². The summed E-state index contributed by atoms with van der Waals surface area (Å²) in [5, 5.41) is 19.5.